The zero-order valence-corrected chi connectivity index (χ0v) is 17.8. The molecule has 0 heterocycles. The van der Waals surface area contributed by atoms with Crippen LogP contribution in [-0.2, 0) is 13.0 Å². The SMILES string of the molecule is CCNC(=NCc1ccc(C#N)cc1F)NCCCc1ccc(OC)c(OCC)c1. The zero-order valence-electron chi connectivity index (χ0n) is 17.8. The van der Waals surface area contributed by atoms with E-state index in [1.165, 1.54) is 11.6 Å². The molecular formula is C23H29FN4O2. The number of nitrogens with zero attached hydrogens (tertiary/aromatic N) is 2. The molecule has 2 N–H and O–H groups in total. The molecule has 0 unspecified atom stereocenters. The van der Waals surface area contributed by atoms with Crippen molar-refractivity contribution >= 4 is 5.96 Å². The van der Waals surface area contributed by atoms with E-state index in [4.69, 9.17) is 14.7 Å². The summed E-state index contributed by atoms with van der Waals surface area (Å²) in [6.07, 6.45) is 1.77. The van der Waals surface area contributed by atoms with Crippen LogP contribution in [0.3, 0.4) is 0 Å². The minimum absolute atomic E-state index is 0.197. The molecule has 30 heavy (non-hydrogen) atoms. The molecule has 6 nitrogen and oxygen atoms in total. The first kappa shape index (κ1) is 23.0. The number of aryl methyl sites for hydroxylation is 1. The van der Waals surface area contributed by atoms with Crippen molar-refractivity contribution in [3.8, 4) is 17.6 Å². The van der Waals surface area contributed by atoms with Gasteiger partial charge >= 0.3 is 0 Å². The second kappa shape index (κ2) is 12.3. The standard InChI is InChI=1S/C23H29FN4O2/c1-4-26-23(28-16-19-10-8-18(15-25)13-20(19)24)27-12-6-7-17-9-11-21(29-3)22(14-17)30-5-2/h8-11,13-14H,4-7,12,16H2,1-3H3,(H2,26,27,28). The Kier molecular flexibility index (Phi) is 9.46. The lowest BCUT2D eigenvalue weighted by molar-refractivity contribution is 0.310. The Bertz CT molecular complexity index is 893. The predicted molar refractivity (Wildman–Crippen MR) is 116 cm³/mol. The Hall–Kier alpha value is -3.27. The maximum absolute atomic E-state index is 14.0. The number of hydrogen-bond acceptors (Lipinski definition) is 4. The molecule has 0 aromatic heterocycles. The summed E-state index contributed by atoms with van der Waals surface area (Å²) in [6, 6.07) is 12.3. The molecule has 0 aliphatic heterocycles. The third-order valence-corrected chi connectivity index (χ3v) is 4.40. The van der Waals surface area contributed by atoms with Gasteiger partial charge in [0.1, 0.15) is 5.82 Å². The fourth-order valence-corrected chi connectivity index (χ4v) is 2.90. The highest BCUT2D eigenvalue weighted by Crippen LogP contribution is 2.28. The fourth-order valence-electron chi connectivity index (χ4n) is 2.90. The molecule has 2 rings (SSSR count). The lowest BCUT2D eigenvalue weighted by atomic mass is 10.1. The average Bonchev–Trinajstić information content (AvgIpc) is 2.76. The fraction of sp³-hybridized carbons (Fsp3) is 0.391. The molecule has 0 bridgehead atoms. The van der Waals surface area contributed by atoms with Crippen molar-refractivity contribution in [2.24, 2.45) is 4.99 Å². The first-order valence-electron chi connectivity index (χ1n) is 10.1. The Labute approximate surface area is 177 Å². The van der Waals surface area contributed by atoms with Gasteiger partial charge in [0.05, 0.1) is 31.9 Å². The number of benzene rings is 2. The normalized spacial score (nSPS) is 11.0. The molecule has 2 aromatic rings. The van der Waals surface area contributed by atoms with E-state index in [1.807, 2.05) is 38.1 Å². The van der Waals surface area contributed by atoms with Crippen molar-refractivity contribution in [2.75, 3.05) is 26.8 Å². The molecular weight excluding hydrogens is 383 g/mol. The summed E-state index contributed by atoms with van der Waals surface area (Å²) < 4.78 is 25.0. The van der Waals surface area contributed by atoms with E-state index in [0.29, 0.717) is 30.2 Å². The van der Waals surface area contributed by atoms with E-state index in [1.54, 1.807) is 19.2 Å². The van der Waals surface area contributed by atoms with Crippen LogP contribution >= 0.6 is 0 Å². The van der Waals surface area contributed by atoms with E-state index < -0.39 is 5.82 Å². The van der Waals surface area contributed by atoms with Gasteiger partial charge in [-0.2, -0.15) is 5.26 Å². The minimum atomic E-state index is -0.418. The average molecular weight is 413 g/mol. The van der Waals surface area contributed by atoms with Gasteiger partial charge < -0.3 is 20.1 Å². The van der Waals surface area contributed by atoms with E-state index in [0.717, 1.165) is 30.9 Å². The minimum Gasteiger partial charge on any atom is -0.493 e. The Morgan fingerprint density at radius 1 is 1.13 bits per heavy atom. The van der Waals surface area contributed by atoms with Crippen molar-refractivity contribution in [1.82, 2.24) is 10.6 Å². The molecule has 0 saturated carbocycles. The lowest BCUT2D eigenvalue weighted by Gasteiger charge is -2.13. The molecule has 0 saturated heterocycles. The highest BCUT2D eigenvalue weighted by atomic mass is 19.1. The van der Waals surface area contributed by atoms with Gasteiger partial charge in [-0.15, -0.1) is 0 Å². The van der Waals surface area contributed by atoms with Gasteiger partial charge in [-0.3, -0.25) is 0 Å². The molecule has 0 aliphatic rings. The molecule has 0 aliphatic carbocycles. The highest BCUT2D eigenvalue weighted by molar-refractivity contribution is 5.79. The van der Waals surface area contributed by atoms with Gasteiger partial charge in [-0.05, 0) is 56.5 Å². The maximum atomic E-state index is 14.0. The number of aliphatic imine (C=N–C) groups is 1. The topological polar surface area (TPSA) is 78.7 Å². The van der Waals surface area contributed by atoms with Gasteiger partial charge in [0, 0.05) is 18.7 Å². The van der Waals surface area contributed by atoms with Crippen LogP contribution in [0.1, 0.15) is 37.0 Å². The first-order chi connectivity index (χ1) is 14.6. The van der Waals surface area contributed by atoms with Crippen LogP contribution in [0.4, 0.5) is 4.39 Å². The number of ether oxygens (including phenoxy) is 2. The van der Waals surface area contributed by atoms with Crippen molar-refractivity contribution in [2.45, 2.75) is 33.2 Å². The molecule has 0 amide bonds. The predicted octanol–water partition coefficient (Wildman–Crippen LogP) is 3.79. The second-order valence-corrected chi connectivity index (χ2v) is 6.56. The van der Waals surface area contributed by atoms with Crippen LogP contribution in [0.15, 0.2) is 41.4 Å². The summed E-state index contributed by atoms with van der Waals surface area (Å²) in [5.74, 6) is 1.70. The monoisotopic (exact) mass is 412 g/mol. The van der Waals surface area contributed by atoms with Crippen LogP contribution in [0.2, 0.25) is 0 Å². The van der Waals surface area contributed by atoms with Gasteiger partial charge in [0.2, 0.25) is 0 Å². The Balaban J connectivity index is 1.90. The summed E-state index contributed by atoms with van der Waals surface area (Å²) in [5, 5.41) is 15.3. The van der Waals surface area contributed by atoms with Crippen LogP contribution in [0.25, 0.3) is 0 Å². The summed E-state index contributed by atoms with van der Waals surface area (Å²) in [5.41, 5.74) is 1.92. The Morgan fingerprint density at radius 2 is 1.97 bits per heavy atom. The molecule has 0 fully saturated rings. The van der Waals surface area contributed by atoms with Crippen LogP contribution in [0.5, 0.6) is 11.5 Å². The van der Waals surface area contributed by atoms with Crippen molar-refractivity contribution in [3.05, 3.63) is 58.9 Å². The molecule has 0 spiro atoms. The molecule has 0 radical (unpaired) electrons. The van der Waals surface area contributed by atoms with Crippen molar-refractivity contribution < 1.29 is 13.9 Å². The van der Waals surface area contributed by atoms with Crippen LogP contribution < -0.4 is 20.1 Å². The van der Waals surface area contributed by atoms with Gasteiger partial charge in [-0.25, -0.2) is 9.38 Å². The number of hydrogen-bond donors (Lipinski definition) is 2. The number of nitriles is 1. The van der Waals surface area contributed by atoms with Crippen LogP contribution in [-0.4, -0.2) is 32.8 Å². The summed E-state index contributed by atoms with van der Waals surface area (Å²) in [4.78, 5) is 4.44. The largest absolute Gasteiger partial charge is 0.493 e. The smallest absolute Gasteiger partial charge is 0.191 e. The lowest BCUT2D eigenvalue weighted by Crippen LogP contribution is -2.37. The van der Waals surface area contributed by atoms with Crippen LogP contribution in [0, 0.1) is 17.1 Å². The molecule has 0 atom stereocenters. The zero-order chi connectivity index (χ0) is 21.8. The summed E-state index contributed by atoms with van der Waals surface area (Å²) in [7, 11) is 1.63. The van der Waals surface area contributed by atoms with E-state index >= 15 is 0 Å². The van der Waals surface area contributed by atoms with Gasteiger partial charge in [0.25, 0.3) is 0 Å². The van der Waals surface area contributed by atoms with Gasteiger partial charge in [-0.1, -0.05) is 12.1 Å². The van der Waals surface area contributed by atoms with Crippen molar-refractivity contribution in [3.63, 3.8) is 0 Å². The molecule has 2 aromatic carbocycles. The molecule has 160 valence electrons. The third kappa shape index (κ3) is 6.96. The summed E-state index contributed by atoms with van der Waals surface area (Å²) in [6.45, 7) is 6.13. The first-order valence-corrected chi connectivity index (χ1v) is 10.1. The van der Waals surface area contributed by atoms with Crippen molar-refractivity contribution in [1.29, 1.82) is 5.26 Å². The quantitative estimate of drug-likeness (QED) is 0.353. The Morgan fingerprint density at radius 3 is 2.63 bits per heavy atom. The number of nitrogens with one attached hydrogen (secondary N) is 2. The second-order valence-electron chi connectivity index (χ2n) is 6.56. The summed E-state index contributed by atoms with van der Waals surface area (Å²) >= 11 is 0. The number of methoxy groups -OCH3 is 1. The molecule has 7 heteroatoms. The van der Waals surface area contributed by atoms with Gasteiger partial charge in [0.15, 0.2) is 17.5 Å². The number of rotatable bonds is 10. The highest BCUT2D eigenvalue weighted by Gasteiger charge is 2.06. The number of guanidine groups is 1. The third-order valence-electron chi connectivity index (χ3n) is 4.40. The van der Waals surface area contributed by atoms with E-state index in [-0.39, 0.29) is 6.54 Å². The van der Waals surface area contributed by atoms with E-state index in [2.05, 4.69) is 15.6 Å². The number of halogens is 1. The van der Waals surface area contributed by atoms with E-state index in [9.17, 15) is 4.39 Å². The maximum Gasteiger partial charge on any atom is 0.191 e.